The molecule has 0 fully saturated rings. The second-order valence-corrected chi connectivity index (χ2v) is 10.3. The number of aryl methyl sites for hydroxylation is 1. The predicted octanol–water partition coefficient (Wildman–Crippen LogP) is 4.03. The van der Waals surface area contributed by atoms with Crippen LogP contribution in [0.1, 0.15) is 48.3 Å². The fourth-order valence-corrected chi connectivity index (χ4v) is 5.23. The van der Waals surface area contributed by atoms with E-state index in [9.17, 15) is 13.2 Å². The van der Waals surface area contributed by atoms with Crippen molar-refractivity contribution in [1.29, 1.82) is 0 Å². The van der Waals surface area contributed by atoms with Crippen molar-refractivity contribution in [2.75, 3.05) is 7.11 Å². The molecule has 0 bridgehead atoms. The fourth-order valence-electron chi connectivity index (χ4n) is 4.13. The summed E-state index contributed by atoms with van der Waals surface area (Å²) in [5.74, 6) is 0.556. The first-order valence-corrected chi connectivity index (χ1v) is 11.5. The van der Waals surface area contributed by atoms with Crippen LogP contribution in [0.2, 0.25) is 0 Å². The first-order chi connectivity index (χ1) is 14.5. The van der Waals surface area contributed by atoms with Crippen LogP contribution >= 0.6 is 0 Å². The molecule has 0 spiro atoms. The van der Waals surface area contributed by atoms with Gasteiger partial charge in [0.1, 0.15) is 11.0 Å². The monoisotopic (exact) mass is 440 g/mol. The predicted molar refractivity (Wildman–Crippen MR) is 124 cm³/mol. The molecular formula is C24H28N2O4S. The summed E-state index contributed by atoms with van der Waals surface area (Å²) < 4.78 is 31.8. The standard InChI is InChI=1S/C24H28N2O4S/c1-15-14-18(30-5)21(24(2,3)4)20(19(15)17-12-9-13-26-23(17)27)22(31(25,28)29)16-10-7-6-8-11-16/h6-14,22H,1-5H3,(H,26,27)(H2,25,28,29). The zero-order valence-electron chi connectivity index (χ0n) is 18.4. The molecule has 1 unspecified atom stereocenters. The van der Waals surface area contributed by atoms with Gasteiger partial charge >= 0.3 is 0 Å². The largest absolute Gasteiger partial charge is 0.496 e. The molecular weight excluding hydrogens is 412 g/mol. The van der Waals surface area contributed by atoms with Crippen molar-refractivity contribution in [2.45, 2.75) is 38.4 Å². The van der Waals surface area contributed by atoms with Crippen LogP contribution in [-0.4, -0.2) is 20.5 Å². The van der Waals surface area contributed by atoms with Crippen LogP contribution in [0.3, 0.4) is 0 Å². The van der Waals surface area contributed by atoms with Gasteiger partial charge in [0.25, 0.3) is 5.56 Å². The summed E-state index contributed by atoms with van der Waals surface area (Å²) >= 11 is 0. The molecule has 164 valence electrons. The Labute approximate surface area is 183 Å². The third-order valence-electron chi connectivity index (χ3n) is 5.28. The van der Waals surface area contributed by atoms with Gasteiger partial charge in [0.05, 0.1) is 7.11 Å². The van der Waals surface area contributed by atoms with Crippen molar-refractivity contribution < 1.29 is 13.2 Å². The third kappa shape index (κ3) is 4.43. The van der Waals surface area contributed by atoms with Gasteiger partial charge in [0.2, 0.25) is 10.0 Å². The number of H-pyrrole nitrogens is 1. The zero-order chi connectivity index (χ0) is 23.0. The van der Waals surface area contributed by atoms with Crippen molar-refractivity contribution in [1.82, 2.24) is 4.98 Å². The molecule has 0 amide bonds. The first-order valence-electron chi connectivity index (χ1n) is 9.93. The van der Waals surface area contributed by atoms with Crippen LogP contribution < -0.4 is 15.4 Å². The number of primary sulfonamides is 1. The van der Waals surface area contributed by atoms with Crippen LogP contribution in [0.4, 0.5) is 0 Å². The van der Waals surface area contributed by atoms with Crippen LogP contribution in [0.5, 0.6) is 5.75 Å². The molecule has 3 aromatic rings. The Morgan fingerprint density at radius 1 is 1.06 bits per heavy atom. The Morgan fingerprint density at radius 2 is 1.71 bits per heavy atom. The van der Waals surface area contributed by atoms with E-state index in [2.05, 4.69) is 4.98 Å². The maximum atomic E-state index is 13.0. The molecule has 0 radical (unpaired) electrons. The topological polar surface area (TPSA) is 102 Å². The molecule has 3 N–H and O–H groups in total. The minimum Gasteiger partial charge on any atom is -0.496 e. The number of benzene rings is 2. The van der Waals surface area contributed by atoms with E-state index in [0.29, 0.717) is 33.6 Å². The molecule has 31 heavy (non-hydrogen) atoms. The van der Waals surface area contributed by atoms with Crippen LogP contribution in [0, 0.1) is 6.92 Å². The number of methoxy groups -OCH3 is 1. The Hall–Kier alpha value is -2.90. The summed E-state index contributed by atoms with van der Waals surface area (Å²) in [5, 5.41) is 4.65. The van der Waals surface area contributed by atoms with E-state index in [1.165, 1.54) is 0 Å². The highest BCUT2D eigenvalue weighted by molar-refractivity contribution is 7.89. The molecule has 0 aliphatic heterocycles. The summed E-state index contributed by atoms with van der Waals surface area (Å²) in [6.07, 6.45) is 1.55. The minimum atomic E-state index is -4.11. The van der Waals surface area contributed by atoms with Gasteiger partial charge in [-0.1, -0.05) is 51.1 Å². The average Bonchev–Trinajstić information content (AvgIpc) is 2.67. The van der Waals surface area contributed by atoms with E-state index in [-0.39, 0.29) is 5.56 Å². The SMILES string of the molecule is COc1cc(C)c(-c2ccc[nH]c2=O)c(C(c2ccccc2)S(N)(=O)=O)c1C(C)(C)C. The molecule has 1 heterocycles. The Kier molecular flexibility index (Phi) is 6.11. The number of hydrogen-bond acceptors (Lipinski definition) is 4. The summed E-state index contributed by atoms with van der Waals surface area (Å²) in [6.45, 7) is 7.78. The second kappa shape index (κ2) is 8.32. The molecule has 0 saturated heterocycles. The van der Waals surface area contributed by atoms with Crippen LogP contribution in [0.15, 0.2) is 59.5 Å². The molecule has 1 atom stereocenters. The van der Waals surface area contributed by atoms with E-state index in [0.717, 1.165) is 5.56 Å². The normalized spacial score (nSPS) is 13.1. The minimum absolute atomic E-state index is 0.307. The lowest BCUT2D eigenvalue weighted by atomic mass is 9.77. The lowest BCUT2D eigenvalue weighted by Crippen LogP contribution is -2.28. The second-order valence-electron chi connectivity index (χ2n) is 8.60. The summed E-state index contributed by atoms with van der Waals surface area (Å²) in [6, 6.07) is 14.1. The molecule has 7 heteroatoms. The fraction of sp³-hybridized carbons (Fsp3) is 0.292. The van der Waals surface area contributed by atoms with Crippen molar-refractivity contribution in [3.05, 3.63) is 87.3 Å². The van der Waals surface area contributed by atoms with Crippen LogP contribution in [0.25, 0.3) is 11.1 Å². The third-order valence-corrected chi connectivity index (χ3v) is 6.44. The number of hydrogen-bond donors (Lipinski definition) is 2. The lowest BCUT2D eigenvalue weighted by molar-refractivity contribution is 0.396. The molecule has 1 aromatic heterocycles. The van der Waals surface area contributed by atoms with Gasteiger partial charge in [-0.2, -0.15) is 0 Å². The summed E-state index contributed by atoms with van der Waals surface area (Å²) in [7, 11) is -2.55. The van der Waals surface area contributed by atoms with Gasteiger partial charge in [-0.25, -0.2) is 13.6 Å². The van der Waals surface area contributed by atoms with Gasteiger partial charge in [-0.3, -0.25) is 4.79 Å². The first kappa shape index (κ1) is 22.8. The lowest BCUT2D eigenvalue weighted by Gasteiger charge is -2.32. The Morgan fingerprint density at radius 3 is 2.23 bits per heavy atom. The molecule has 6 nitrogen and oxygen atoms in total. The number of pyridine rings is 1. The maximum Gasteiger partial charge on any atom is 0.255 e. The summed E-state index contributed by atoms with van der Waals surface area (Å²) in [5.41, 5.74) is 2.54. The van der Waals surface area contributed by atoms with E-state index in [4.69, 9.17) is 9.88 Å². The zero-order valence-corrected chi connectivity index (χ0v) is 19.2. The molecule has 2 aromatic carbocycles. The highest BCUT2D eigenvalue weighted by atomic mass is 32.2. The summed E-state index contributed by atoms with van der Waals surface area (Å²) in [4.78, 5) is 15.5. The number of aromatic nitrogens is 1. The quantitative estimate of drug-likeness (QED) is 0.625. The van der Waals surface area contributed by atoms with Gasteiger partial charge in [0, 0.05) is 17.3 Å². The Balaban J connectivity index is 2.61. The molecule has 3 rings (SSSR count). The highest BCUT2D eigenvalue weighted by Gasteiger charge is 2.37. The van der Waals surface area contributed by atoms with Crippen molar-refractivity contribution in [3.63, 3.8) is 0 Å². The molecule has 0 aliphatic carbocycles. The smallest absolute Gasteiger partial charge is 0.255 e. The van der Waals surface area contributed by atoms with Gasteiger partial charge in [0.15, 0.2) is 0 Å². The van der Waals surface area contributed by atoms with Gasteiger partial charge in [-0.15, -0.1) is 0 Å². The van der Waals surface area contributed by atoms with E-state index < -0.39 is 20.7 Å². The van der Waals surface area contributed by atoms with Gasteiger partial charge in [-0.05, 0) is 52.8 Å². The van der Waals surface area contributed by atoms with E-state index >= 15 is 0 Å². The van der Waals surface area contributed by atoms with Crippen LogP contribution in [-0.2, 0) is 15.4 Å². The van der Waals surface area contributed by atoms with E-state index in [1.807, 2.05) is 39.8 Å². The Bertz CT molecular complexity index is 1260. The average molecular weight is 441 g/mol. The maximum absolute atomic E-state index is 13.0. The highest BCUT2D eigenvalue weighted by Crippen LogP contribution is 2.47. The number of rotatable bonds is 5. The van der Waals surface area contributed by atoms with E-state index in [1.54, 1.807) is 49.7 Å². The number of nitrogens with two attached hydrogens (primary N) is 1. The molecule has 0 saturated carbocycles. The molecule has 0 aliphatic rings. The van der Waals surface area contributed by atoms with Crippen molar-refractivity contribution >= 4 is 10.0 Å². The van der Waals surface area contributed by atoms with Crippen molar-refractivity contribution in [3.8, 4) is 16.9 Å². The number of ether oxygens (including phenoxy) is 1. The number of nitrogens with one attached hydrogen (secondary N) is 1. The van der Waals surface area contributed by atoms with Crippen molar-refractivity contribution in [2.24, 2.45) is 5.14 Å². The number of sulfonamides is 1. The van der Waals surface area contributed by atoms with Gasteiger partial charge < -0.3 is 9.72 Å². The number of aromatic amines is 1.